The second-order valence-corrected chi connectivity index (χ2v) is 4.08. The number of benzene rings is 1. The van der Waals surface area contributed by atoms with E-state index in [0.29, 0.717) is 0 Å². The highest BCUT2D eigenvalue weighted by molar-refractivity contribution is 5.21. The fourth-order valence-corrected chi connectivity index (χ4v) is 2.05. The van der Waals surface area contributed by atoms with Crippen molar-refractivity contribution in [2.24, 2.45) is 11.8 Å². The van der Waals surface area contributed by atoms with Gasteiger partial charge in [0, 0.05) is 0 Å². The normalized spacial score (nSPS) is 29.8. The molecule has 0 amide bonds. The van der Waals surface area contributed by atoms with Crippen LogP contribution in [0.15, 0.2) is 30.3 Å². The maximum absolute atomic E-state index is 2.35. The molecule has 12 heavy (non-hydrogen) atoms. The highest BCUT2D eigenvalue weighted by Crippen LogP contribution is 2.47. The Labute approximate surface area is 74.6 Å². The van der Waals surface area contributed by atoms with Crippen molar-refractivity contribution in [1.29, 1.82) is 0 Å². The van der Waals surface area contributed by atoms with Crippen molar-refractivity contribution < 1.29 is 0 Å². The van der Waals surface area contributed by atoms with Crippen molar-refractivity contribution in [1.82, 2.24) is 0 Å². The van der Waals surface area contributed by atoms with Crippen molar-refractivity contribution in [3.63, 3.8) is 0 Å². The predicted octanol–water partition coefficient (Wildman–Crippen LogP) is 3.45. The highest BCUT2D eigenvalue weighted by Gasteiger charge is 2.37. The first-order chi connectivity index (χ1) is 5.79. The standard InChI is InChI=1S/C12H16/c1-9-8-12(9)10(2)11-6-4-3-5-7-11/h3-7,9-10,12H,8H2,1-2H3/t9?,10-,12-/m0/s1. The van der Waals surface area contributed by atoms with Crippen LogP contribution in [0, 0.1) is 11.8 Å². The lowest BCUT2D eigenvalue weighted by molar-refractivity contribution is 0.619. The van der Waals surface area contributed by atoms with E-state index in [0.717, 1.165) is 17.8 Å². The second-order valence-electron chi connectivity index (χ2n) is 4.08. The molecule has 0 N–H and O–H groups in total. The summed E-state index contributed by atoms with van der Waals surface area (Å²) in [5.41, 5.74) is 1.51. The average Bonchev–Trinajstić information content (AvgIpc) is 2.83. The predicted molar refractivity (Wildman–Crippen MR) is 52.1 cm³/mol. The molecule has 0 nitrogen and oxygen atoms in total. The number of hydrogen-bond acceptors (Lipinski definition) is 0. The van der Waals surface area contributed by atoms with Crippen LogP contribution in [-0.4, -0.2) is 0 Å². The lowest BCUT2D eigenvalue weighted by atomic mass is 9.95. The molecule has 0 bridgehead atoms. The van der Waals surface area contributed by atoms with Gasteiger partial charge >= 0.3 is 0 Å². The molecule has 1 unspecified atom stereocenters. The van der Waals surface area contributed by atoms with Gasteiger partial charge in [-0.1, -0.05) is 44.2 Å². The van der Waals surface area contributed by atoms with Gasteiger partial charge in [0.25, 0.3) is 0 Å². The summed E-state index contributed by atoms with van der Waals surface area (Å²) in [7, 11) is 0. The van der Waals surface area contributed by atoms with Gasteiger partial charge in [-0.2, -0.15) is 0 Å². The molecule has 0 heteroatoms. The molecule has 1 aliphatic rings. The molecule has 3 atom stereocenters. The topological polar surface area (TPSA) is 0 Å². The van der Waals surface area contributed by atoms with Crippen LogP contribution in [-0.2, 0) is 0 Å². The third kappa shape index (κ3) is 1.38. The molecule has 1 aromatic rings. The fraction of sp³-hybridized carbons (Fsp3) is 0.500. The van der Waals surface area contributed by atoms with E-state index in [-0.39, 0.29) is 0 Å². The molecule has 1 saturated carbocycles. The quantitative estimate of drug-likeness (QED) is 0.621. The summed E-state index contributed by atoms with van der Waals surface area (Å²) < 4.78 is 0. The Bertz CT molecular complexity index is 250. The zero-order valence-corrected chi connectivity index (χ0v) is 7.83. The third-order valence-corrected chi connectivity index (χ3v) is 3.14. The minimum atomic E-state index is 0.765. The summed E-state index contributed by atoms with van der Waals surface area (Å²) in [5.74, 6) is 2.67. The summed E-state index contributed by atoms with van der Waals surface area (Å²) in [6, 6.07) is 10.9. The van der Waals surface area contributed by atoms with E-state index in [4.69, 9.17) is 0 Å². The van der Waals surface area contributed by atoms with Crippen molar-refractivity contribution in [2.75, 3.05) is 0 Å². The molecular formula is C12H16. The van der Waals surface area contributed by atoms with Crippen LogP contribution in [0.5, 0.6) is 0 Å². The van der Waals surface area contributed by atoms with E-state index >= 15 is 0 Å². The largest absolute Gasteiger partial charge is 0.0622 e. The Kier molecular flexibility index (Phi) is 1.92. The molecule has 0 aliphatic heterocycles. The van der Waals surface area contributed by atoms with E-state index in [1.165, 1.54) is 12.0 Å². The van der Waals surface area contributed by atoms with Gasteiger partial charge in [-0.05, 0) is 29.7 Å². The number of hydrogen-bond donors (Lipinski definition) is 0. The first-order valence-corrected chi connectivity index (χ1v) is 4.84. The maximum Gasteiger partial charge on any atom is -0.0159 e. The minimum Gasteiger partial charge on any atom is -0.0622 e. The minimum absolute atomic E-state index is 0.765. The van der Waals surface area contributed by atoms with Gasteiger partial charge < -0.3 is 0 Å². The molecule has 1 fully saturated rings. The maximum atomic E-state index is 2.35. The fourth-order valence-electron chi connectivity index (χ4n) is 2.05. The Hall–Kier alpha value is -0.780. The Morgan fingerprint density at radius 3 is 2.33 bits per heavy atom. The molecule has 64 valence electrons. The Morgan fingerprint density at radius 1 is 1.25 bits per heavy atom. The van der Waals surface area contributed by atoms with E-state index in [2.05, 4.69) is 44.2 Å². The molecule has 0 saturated heterocycles. The molecule has 0 heterocycles. The van der Waals surface area contributed by atoms with Gasteiger partial charge in [-0.25, -0.2) is 0 Å². The third-order valence-electron chi connectivity index (χ3n) is 3.14. The first-order valence-electron chi connectivity index (χ1n) is 4.84. The molecule has 0 aromatic heterocycles. The Balaban J connectivity index is 2.10. The molecule has 1 aliphatic carbocycles. The zero-order valence-electron chi connectivity index (χ0n) is 7.83. The van der Waals surface area contributed by atoms with Gasteiger partial charge in [0.15, 0.2) is 0 Å². The molecule has 1 aromatic carbocycles. The summed E-state index contributed by atoms with van der Waals surface area (Å²) in [5, 5.41) is 0. The van der Waals surface area contributed by atoms with Gasteiger partial charge in [-0.15, -0.1) is 0 Å². The SMILES string of the molecule is CC1C[C@@H]1[C@@H](C)c1ccccc1. The monoisotopic (exact) mass is 160 g/mol. The molecular weight excluding hydrogens is 144 g/mol. The average molecular weight is 160 g/mol. The van der Waals surface area contributed by atoms with Crippen LogP contribution in [0.4, 0.5) is 0 Å². The summed E-state index contributed by atoms with van der Waals surface area (Å²) in [6.07, 6.45) is 1.43. The van der Waals surface area contributed by atoms with Crippen molar-refractivity contribution >= 4 is 0 Å². The smallest absolute Gasteiger partial charge is 0.0159 e. The Morgan fingerprint density at radius 2 is 1.83 bits per heavy atom. The summed E-state index contributed by atoms with van der Waals surface area (Å²) in [4.78, 5) is 0. The van der Waals surface area contributed by atoms with E-state index in [1.54, 1.807) is 0 Å². The first kappa shape index (κ1) is 7.85. The van der Waals surface area contributed by atoms with Crippen LogP contribution >= 0.6 is 0 Å². The van der Waals surface area contributed by atoms with E-state index in [9.17, 15) is 0 Å². The van der Waals surface area contributed by atoms with Crippen LogP contribution < -0.4 is 0 Å². The molecule has 0 spiro atoms. The highest BCUT2D eigenvalue weighted by atomic mass is 14.4. The van der Waals surface area contributed by atoms with Crippen LogP contribution in [0.1, 0.15) is 31.7 Å². The van der Waals surface area contributed by atoms with Gasteiger partial charge in [0.05, 0.1) is 0 Å². The summed E-state index contributed by atoms with van der Waals surface area (Å²) >= 11 is 0. The lowest BCUT2D eigenvalue weighted by Crippen LogP contribution is -1.96. The van der Waals surface area contributed by atoms with Crippen LogP contribution in [0.25, 0.3) is 0 Å². The van der Waals surface area contributed by atoms with Crippen LogP contribution in [0.2, 0.25) is 0 Å². The summed E-state index contributed by atoms with van der Waals surface area (Å²) in [6.45, 7) is 4.70. The van der Waals surface area contributed by atoms with Crippen molar-refractivity contribution in [3.05, 3.63) is 35.9 Å². The number of rotatable bonds is 2. The van der Waals surface area contributed by atoms with E-state index in [1.807, 2.05) is 0 Å². The molecule has 0 radical (unpaired) electrons. The lowest BCUT2D eigenvalue weighted by Gasteiger charge is -2.09. The van der Waals surface area contributed by atoms with Gasteiger partial charge in [-0.3, -0.25) is 0 Å². The van der Waals surface area contributed by atoms with Gasteiger partial charge in [0.2, 0.25) is 0 Å². The van der Waals surface area contributed by atoms with Crippen LogP contribution in [0.3, 0.4) is 0 Å². The van der Waals surface area contributed by atoms with E-state index < -0.39 is 0 Å². The van der Waals surface area contributed by atoms with Crippen molar-refractivity contribution in [2.45, 2.75) is 26.2 Å². The van der Waals surface area contributed by atoms with Crippen molar-refractivity contribution in [3.8, 4) is 0 Å². The molecule has 2 rings (SSSR count). The second kappa shape index (κ2) is 2.93. The van der Waals surface area contributed by atoms with Gasteiger partial charge in [0.1, 0.15) is 0 Å². The zero-order chi connectivity index (χ0) is 8.55.